The van der Waals surface area contributed by atoms with Crippen LogP contribution in [0, 0.1) is 13.8 Å². The molecule has 0 radical (unpaired) electrons. The molecule has 0 bridgehead atoms. The highest BCUT2D eigenvalue weighted by molar-refractivity contribution is 5.91. The van der Waals surface area contributed by atoms with Crippen molar-refractivity contribution in [2.24, 2.45) is 7.05 Å². The second-order valence-electron chi connectivity index (χ2n) is 6.94. The largest absolute Gasteiger partial charge is 0.445 e. The zero-order valence-corrected chi connectivity index (χ0v) is 16.1. The Morgan fingerprint density at radius 2 is 2.18 bits per heavy atom. The molecule has 2 amide bonds. The first-order valence-corrected chi connectivity index (χ1v) is 9.21. The van der Waals surface area contributed by atoms with E-state index in [-0.39, 0.29) is 18.2 Å². The van der Waals surface area contributed by atoms with E-state index in [1.54, 1.807) is 10.9 Å². The molecule has 1 aromatic carbocycles. The highest BCUT2D eigenvalue weighted by Crippen LogP contribution is 2.31. The monoisotopic (exact) mass is 381 g/mol. The minimum absolute atomic E-state index is 0.113. The summed E-state index contributed by atoms with van der Waals surface area (Å²) in [7, 11) is 1.88. The van der Waals surface area contributed by atoms with E-state index in [0.717, 1.165) is 28.8 Å². The van der Waals surface area contributed by atoms with Crippen molar-refractivity contribution < 1.29 is 13.9 Å². The maximum Gasteiger partial charge on any atom is 0.319 e. The first-order chi connectivity index (χ1) is 13.5. The van der Waals surface area contributed by atoms with Crippen LogP contribution in [0.1, 0.15) is 29.3 Å². The van der Waals surface area contributed by atoms with E-state index in [2.05, 4.69) is 20.7 Å². The van der Waals surface area contributed by atoms with Crippen molar-refractivity contribution in [1.29, 1.82) is 0 Å². The summed E-state index contributed by atoms with van der Waals surface area (Å²) in [5, 5.41) is 10.4. The van der Waals surface area contributed by atoms with Crippen molar-refractivity contribution in [3.63, 3.8) is 0 Å². The molecule has 28 heavy (non-hydrogen) atoms. The van der Waals surface area contributed by atoms with Crippen LogP contribution < -0.4 is 10.6 Å². The third-order valence-electron chi connectivity index (χ3n) is 5.01. The van der Waals surface area contributed by atoms with Gasteiger partial charge in [-0.05, 0) is 38.0 Å². The van der Waals surface area contributed by atoms with Crippen LogP contribution in [0.5, 0.6) is 0 Å². The molecular formula is C20H23N5O3. The molecule has 3 heterocycles. The van der Waals surface area contributed by atoms with E-state index in [4.69, 9.17) is 9.15 Å². The van der Waals surface area contributed by atoms with E-state index in [1.165, 1.54) is 6.26 Å². The highest BCUT2D eigenvalue weighted by Gasteiger charge is 2.33. The minimum atomic E-state index is -0.269. The summed E-state index contributed by atoms with van der Waals surface area (Å²) >= 11 is 0. The molecule has 8 nitrogen and oxygen atoms in total. The van der Waals surface area contributed by atoms with Crippen molar-refractivity contribution in [3.05, 3.63) is 53.7 Å². The Hall–Kier alpha value is -3.13. The molecule has 1 aliphatic heterocycles. The van der Waals surface area contributed by atoms with Crippen LogP contribution in [0.15, 0.2) is 41.3 Å². The van der Waals surface area contributed by atoms with Crippen molar-refractivity contribution in [3.8, 4) is 11.5 Å². The number of carbonyl (C=O) groups is 1. The van der Waals surface area contributed by atoms with Crippen LogP contribution in [-0.4, -0.2) is 33.4 Å². The lowest BCUT2D eigenvalue weighted by Gasteiger charge is -2.20. The smallest absolute Gasteiger partial charge is 0.319 e. The Balaban J connectivity index is 1.47. The van der Waals surface area contributed by atoms with Crippen LogP contribution in [0.4, 0.5) is 10.5 Å². The number of urea groups is 1. The van der Waals surface area contributed by atoms with Gasteiger partial charge >= 0.3 is 6.03 Å². The van der Waals surface area contributed by atoms with Crippen LogP contribution in [-0.2, 0) is 11.8 Å². The highest BCUT2D eigenvalue weighted by atomic mass is 16.5. The molecular weight excluding hydrogens is 358 g/mol. The molecule has 3 aromatic rings. The first kappa shape index (κ1) is 18.2. The predicted molar refractivity (Wildman–Crippen MR) is 104 cm³/mol. The number of hydrogen-bond donors (Lipinski definition) is 2. The number of aryl methyl sites for hydroxylation is 2. The molecule has 0 unspecified atom stereocenters. The molecule has 1 aliphatic rings. The second-order valence-corrected chi connectivity index (χ2v) is 6.94. The van der Waals surface area contributed by atoms with E-state index in [0.29, 0.717) is 18.2 Å². The van der Waals surface area contributed by atoms with Gasteiger partial charge in [0.1, 0.15) is 12.4 Å². The molecule has 146 valence electrons. The normalized spacial score (nSPS) is 19.0. The van der Waals surface area contributed by atoms with E-state index in [9.17, 15) is 4.79 Å². The zero-order chi connectivity index (χ0) is 19.7. The van der Waals surface area contributed by atoms with Gasteiger partial charge in [-0.25, -0.2) is 9.78 Å². The topological polar surface area (TPSA) is 94.2 Å². The number of rotatable bonds is 4. The van der Waals surface area contributed by atoms with Crippen LogP contribution in [0.3, 0.4) is 0 Å². The average Bonchev–Trinajstić information content (AvgIpc) is 3.38. The Morgan fingerprint density at radius 3 is 2.89 bits per heavy atom. The molecule has 4 rings (SSSR count). The van der Waals surface area contributed by atoms with Gasteiger partial charge in [-0.2, -0.15) is 5.10 Å². The summed E-state index contributed by atoms with van der Waals surface area (Å²) in [6.45, 7) is 4.48. The van der Waals surface area contributed by atoms with Gasteiger partial charge in [0.2, 0.25) is 5.89 Å². The number of nitrogens with one attached hydrogen (secondary N) is 2. The summed E-state index contributed by atoms with van der Waals surface area (Å²) in [6, 6.07) is 5.25. The van der Waals surface area contributed by atoms with E-state index >= 15 is 0 Å². The maximum absolute atomic E-state index is 12.6. The SMILES string of the molecule is Cc1nn(C)cc1[C@@H]1OCC[C@H]1NC(=O)Nc1cccc(-c2ncco2)c1C. The molecule has 0 spiro atoms. The van der Waals surface area contributed by atoms with Crippen molar-refractivity contribution >= 4 is 11.7 Å². The van der Waals surface area contributed by atoms with Gasteiger partial charge in [-0.3, -0.25) is 4.68 Å². The lowest BCUT2D eigenvalue weighted by molar-refractivity contribution is 0.0998. The van der Waals surface area contributed by atoms with Gasteiger partial charge in [0.15, 0.2) is 0 Å². The summed E-state index contributed by atoms with van der Waals surface area (Å²) in [5.41, 5.74) is 4.36. The van der Waals surface area contributed by atoms with Crippen LogP contribution in [0.2, 0.25) is 0 Å². The van der Waals surface area contributed by atoms with Gasteiger partial charge in [0.05, 0.1) is 17.9 Å². The van der Waals surface area contributed by atoms with E-state index in [1.807, 2.05) is 45.3 Å². The van der Waals surface area contributed by atoms with Crippen molar-refractivity contribution in [1.82, 2.24) is 20.1 Å². The zero-order valence-electron chi connectivity index (χ0n) is 16.1. The van der Waals surface area contributed by atoms with Crippen molar-refractivity contribution in [2.45, 2.75) is 32.4 Å². The summed E-state index contributed by atoms with van der Waals surface area (Å²) in [6.07, 6.45) is 5.63. The fraction of sp³-hybridized carbons (Fsp3) is 0.350. The van der Waals surface area contributed by atoms with Gasteiger partial charge in [-0.1, -0.05) is 6.07 Å². The number of aromatic nitrogens is 3. The summed E-state index contributed by atoms with van der Waals surface area (Å²) < 4.78 is 13.0. The number of hydrogen-bond acceptors (Lipinski definition) is 5. The number of nitrogens with zero attached hydrogens (tertiary/aromatic N) is 3. The predicted octanol–water partition coefficient (Wildman–Crippen LogP) is 3.34. The Bertz CT molecular complexity index is 980. The molecule has 1 fully saturated rings. The number of ether oxygens (including phenoxy) is 1. The lowest BCUT2D eigenvalue weighted by atomic mass is 10.0. The number of benzene rings is 1. The van der Waals surface area contributed by atoms with Gasteiger partial charge in [0.25, 0.3) is 0 Å². The fourth-order valence-electron chi connectivity index (χ4n) is 3.63. The average molecular weight is 381 g/mol. The van der Waals surface area contributed by atoms with E-state index < -0.39 is 0 Å². The Kier molecular flexibility index (Phi) is 4.87. The quantitative estimate of drug-likeness (QED) is 0.723. The molecule has 2 atom stereocenters. The van der Waals surface area contributed by atoms with Gasteiger partial charge < -0.3 is 19.8 Å². The summed E-state index contributed by atoms with van der Waals surface area (Å²) in [5.74, 6) is 0.526. The third-order valence-corrected chi connectivity index (χ3v) is 5.01. The molecule has 1 saturated heterocycles. The Morgan fingerprint density at radius 1 is 1.32 bits per heavy atom. The number of oxazole rings is 1. The van der Waals surface area contributed by atoms with Gasteiger partial charge in [0, 0.05) is 36.7 Å². The number of amides is 2. The Labute approximate surface area is 162 Å². The summed E-state index contributed by atoms with van der Waals surface area (Å²) in [4.78, 5) is 16.8. The number of carbonyl (C=O) groups excluding carboxylic acids is 1. The molecule has 8 heteroatoms. The maximum atomic E-state index is 12.6. The van der Waals surface area contributed by atoms with Crippen LogP contribution in [0.25, 0.3) is 11.5 Å². The lowest BCUT2D eigenvalue weighted by Crippen LogP contribution is -2.39. The van der Waals surface area contributed by atoms with Crippen LogP contribution >= 0.6 is 0 Å². The molecule has 0 aliphatic carbocycles. The fourth-order valence-corrected chi connectivity index (χ4v) is 3.63. The van der Waals surface area contributed by atoms with Crippen molar-refractivity contribution in [2.75, 3.05) is 11.9 Å². The minimum Gasteiger partial charge on any atom is -0.445 e. The molecule has 2 N–H and O–H groups in total. The molecule has 0 saturated carbocycles. The molecule has 2 aromatic heterocycles. The van der Waals surface area contributed by atoms with Gasteiger partial charge in [-0.15, -0.1) is 0 Å². The second kappa shape index (κ2) is 7.47. The number of anilines is 1. The third kappa shape index (κ3) is 3.50. The standard InChI is InChI=1S/C20H23N5O3/c1-12-14(19-21-8-10-28-19)5-4-6-16(12)22-20(26)23-17-7-9-27-18(17)15-11-25(3)24-13(15)2/h4-6,8,10-11,17-18H,7,9H2,1-3H3,(H2,22,23,26)/t17-,18+/m1/s1. The first-order valence-electron chi connectivity index (χ1n) is 9.21.